The molecule has 0 unspecified atom stereocenters. The highest BCUT2D eigenvalue weighted by Crippen LogP contribution is 2.26. The molecule has 6 nitrogen and oxygen atoms in total. The van der Waals surface area contributed by atoms with Crippen molar-refractivity contribution in [3.05, 3.63) is 74.5 Å². The van der Waals surface area contributed by atoms with E-state index in [-0.39, 0.29) is 12.2 Å². The van der Waals surface area contributed by atoms with Crippen molar-refractivity contribution in [2.45, 2.75) is 6.54 Å². The Labute approximate surface area is 176 Å². The molecule has 0 spiro atoms. The van der Waals surface area contributed by atoms with Crippen molar-refractivity contribution in [3.63, 3.8) is 0 Å². The first-order valence-corrected chi connectivity index (χ1v) is 10.1. The molecule has 28 heavy (non-hydrogen) atoms. The van der Waals surface area contributed by atoms with Crippen molar-refractivity contribution in [1.29, 1.82) is 0 Å². The van der Waals surface area contributed by atoms with Crippen molar-refractivity contribution in [3.8, 4) is 10.6 Å². The zero-order chi connectivity index (χ0) is 19.7. The van der Waals surface area contributed by atoms with Gasteiger partial charge in [0, 0.05) is 16.8 Å². The lowest BCUT2D eigenvalue weighted by Crippen LogP contribution is -2.13. The van der Waals surface area contributed by atoms with Gasteiger partial charge >= 0.3 is 0 Å². The number of amides is 1. The topological polar surface area (TPSA) is 75.6 Å². The normalized spacial score (nSPS) is 11.0. The van der Waals surface area contributed by atoms with Gasteiger partial charge in [0.1, 0.15) is 5.82 Å². The van der Waals surface area contributed by atoms with Crippen molar-refractivity contribution in [2.75, 3.05) is 5.32 Å². The van der Waals surface area contributed by atoms with Crippen LogP contribution in [0.4, 0.5) is 10.2 Å². The number of benzene rings is 1. The van der Waals surface area contributed by atoms with Gasteiger partial charge in [0.25, 0.3) is 5.91 Å². The number of nitrogens with zero attached hydrogens (tertiary/aromatic N) is 3. The Hall–Kier alpha value is -2.49. The third kappa shape index (κ3) is 3.87. The van der Waals surface area contributed by atoms with Crippen LogP contribution >= 0.6 is 38.9 Å². The van der Waals surface area contributed by atoms with Crippen LogP contribution in [0.1, 0.15) is 16.1 Å². The SMILES string of the molecule is O=C(Nc1nn(Cc2c(F)cccc2Cl)cc1Br)c1cc(-c2cccs2)[nH]n1. The van der Waals surface area contributed by atoms with Crippen LogP contribution in [0.2, 0.25) is 5.02 Å². The summed E-state index contributed by atoms with van der Waals surface area (Å²) in [6.45, 7) is 0.130. The lowest BCUT2D eigenvalue weighted by atomic mass is 10.2. The minimum atomic E-state index is -0.415. The lowest BCUT2D eigenvalue weighted by molar-refractivity contribution is 0.102. The molecule has 3 heterocycles. The molecule has 2 N–H and O–H groups in total. The summed E-state index contributed by atoms with van der Waals surface area (Å²) < 4.78 is 16.0. The third-order valence-electron chi connectivity index (χ3n) is 3.93. The molecular formula is C18H12BrClFN5OS. The molecule has 0 bridgehead atoms. The number of halogens is 3. The Morgan fingerprint density at radius 1 is 1.36 bits per heavy atom. The Balaban J connectivity index is 1.50. The summed E-state index contributed by atoms with van der Waals surface area (Å²) in [6, 6.07) is 10.0. The largest absolute Gasteiger partial charge is 0.303 e. The van der Waals surface area contributed by atoms with Gasteiger partial charge in [-0.3, -0.25) is 14.6 Å². The van der Waals surface area contributed by atoms with Crippen LogP contribution in [0, 0.1) is 5.82 Å². The summed E-state index contributed by atoms with van der Waals surface area (Å²) in [6.07, 6.45) is 1.64. The van der Waals surface area contributed by atoms with E-state index in [0.29, 0.717) is 20.9 Å². The fourth-order valence-corrected chi connectivity index (χ4v) is 3.91. The average Bonchev–Trinajstić information content (AvgIpc) is 3.40. The van der Waals surface area contributed by atoms with E-state index in [9.17, 15) is 9.18 Å². The van der Waals surface area contributed by atoms with Crippen LogP contribution < -0.4 is 5.32 Å². The first kappa shape index (κ1) is 18.9. The van der Waals surface area contributed by atoms with Gasteiger partial charge < -0.3 is 5.32 Å². The Kier molecular flexibility index (Phi) is 5.29. The second-order valence-electron chi connectivity index (χ2n) is 5.82. The van der Waals surface area contributed by atoms with E-state index < -0.39 is 11.7 Å². The van der Waals surface area contributed by atoms with Crippen molar-refractivity contribution < 1.29 is 9.18 Å². The van der Waals surface area contributed by atoms with Crippen LogP contribution in [-0.4, -0.2) is 25.9 Å². The number of H-pyrrole nitrogens is 1. The molecule has 0 aliphatic heterocycles. The number of thiophene rings is 1. The summed E-state index contributed by atoms with van der Waals surface area (Å²) in [5, 5.41) is 16.1. The lowest BCUT2D eigenvalue weighted by Gasteiger charge is -2.05. The number of rotatable bonds is 5. The first-order valence-electron chi connectivity index (χ1n) is 8.08. The number of aromatic amines is 1. The second kappa shape index (κ2) is 7.86. The Bertz CT molecular complexity index is 1120. The number of hydrogen-bond donors (Lipinski definition) is 2. The van der Waals surface area contributed by atoms with Crippen LogP contribution in [0.15, 0.2) is 52.4 Å². The summed E-state index contributed by atoms with van der Waals surface area (Å²) in [7, 11) is 0. The molecule has 0 radical (unpaired) electrons. The minimum absolute atomic E-state index is 0.130. The highest BCUT2D eigenvalue weighted by molar-refractivity contribution is 9.10. The monoisotopic (exact) mass is 479 g/mol. The fraction of sp³-hybridized carbons (Fsp3) is 0.0556. The molecule has 0 aliphatic carbocycles. The van der Waals surface area contributed by atoms with Crippen molar-refractivity contribution in [1.82, 2.24) is 20.0 Å². The van der Waals surface area contributed by atoms with E-state index in [1.54, 1.807) is 35.7 Å². The summed E-state index contributed by atoms with van der Waals surface area (Å²) >= 11 is 11.0. The van der Waals surface area contributed by atoms with E-state index in [2.05, 4.69) is 36.5 Å². The third-order valence-corrected chi connectivity index (χ3v) is 5.77. The fourth-order valence-electron chi connectivity index (χ4n) is 2.58. The van der Waals surface area contributed by atoms with Gasteiger partial charge in [-0.05, 0) is 45.6 Å². The predicted octanol–water partition coefficient (Wildman–Crippen LogP) is 5.19. The Morgan fingerprint density at radius 2 is 2.21 bits per heavy atom. The van der Waals surface area contributed by atoms with Crippen molar-refractivity contribution >= 4 is 50.6 Å². The van der Waals surface area contributed by atoms with Gasteiger partial charge in [0.2, 0.25) is 0 Å². The average molecular weight is 481 g/mol. The van der Waals surface area contributed by atoms with Crippen LogP contribution in [-0.2, 0) is 6.54 Å². The molecule has 142 valence electrons. The molecule has 0 atom stereocenters. The smallest absolute Gasteiger partial charge is 0.277 e. The predicted molar refractivity (Wildman–Crippen MR) is 110 cm³/mol. The van der Waals surface area contributed by atoms with Gasteiger partial charge in [0.05, 0.1) is 21.6 Å². The first-order chi connectivity index (χ1) is 13.5. The summed E-state index contributed by atoms with van der Waals surface area (Å²) in [4.78, 5) is 13.5. The second-order valence-corrected chi connectivity index (χ2v) is 8.03. The van der Waals surface area contributed by atoms with Gasteiger partial charge in [-0.25, -0.2) is 4.39 Å². The number of nitrogens with one attached hydrogen (secondary N) is 2. The van der Waals surface area contributed by atoms with E-state index in [0.717, 1.165) is 10.6 Å². The van der Waals surface area contributed by atoms with Gasteiger partial charge in [0.15, 0.2) is 11.5 Å². The van der Waals surface area contributed by atoms with E-state index in [4.69, 9.17) is 11.6 Å². The van der Waals surface area contributed by atoms with E-state index in [1.807, 2.05) is 17.5 Å². The molecule has 1 amide bonds. The van der Waals surface area contributed by atoms with Gasteiger partial charge in [-0.15, -0.1) is 11.3 Å². The highest BCUT2D eigenvalue weighted by Gasteiger charge is 2.17. The molecular weight excluding hydrogens is 469 g/mol. The molecule has 0 aliphatic rings. The number of hydrogen-bond acceptors (Lipinski definition) is 4. The number of carbonyl (C=O) groups is 1. The highest BCUT2D eigenvalue weighted by atomic mass is 79.9. The standard InChI is InChI=1S/C18H12BrClFN5OS/c19-11-9-26(8-10-12(20)3-1-4-13(10)21)25-17(11)22-18(27)15-7-14(23-24-15)16-5-2-6-28-16/h1-7,9H,8H2,(H,23,24)(H,22,25,27). The van der Waals surface area contributed by atoms with Gasteiger partial charge in [-0.2, -0.15) is 10.2 Å². The number of anilines is 1. The van der Waals surface area contributed by atoms with Crippen LogP contribution in [0.3, 0.4) is 0 Å². The molecule has 0 fully saturated rings. The molecule has 0 saturated carbocycles. The van der Waals surface area contributed by atoms with Gasteiger partial charge in [-0.1, -0.05) is 23.7 Å². The summed E-state index contributed by atoms with van der Waals surface area (Å²) in [5.41, 5.74) is 1.32. The molecule has 1 aromatic carbocycles. The van der Waals surface area contributed by atoms with E-state index >= 15 is 0 Å². The quantitative estimate of drug-likeness (QED) is 0.413. The minimum Gasteiger partial charge on any atom is -0.303 e. The molecule has 3 aromatic heterocycles. The van der Waals surface area contributed by atoms with Crippen molar-refractivity contribution in [2.24, 2.45) is 0 Å². The molecule has 4 aromatic rings. The zero-order valence-corrected chi connectivity index (χ0v) is 17.3. The number of carbonyl (C=O) groups excluding carboxylic acids is 1. The van der Waals surface area contributed by atoms with Crippen LogP contribution in [0.25, 0.3) is 10.6 Å². The zero-order valence-electron chi connectivity index (χ0n) is 14.1. The maximum absolute atomic E-state index is 14.0. The number of aromatic nitrogens is 4. The maximum atomic E-state index is 14.0. The molecule has 0 saturated heterocycles. The Morgan fingerprint density at radius 3 is 2.96 bits per heavy atom. The van der Waals surface area contributed by atoms with E-state index in [1.165, 1.54) is 10.7 Å². The van der Waals surface area contributed by atoms with Crippen LogP contribution in [0.5, 0.6) is 0 Å². The molecule has 10 heteroatoms. The molecule has 4 rings (SSSR count). The summed E-state index contributed by atoms with van der Waals surface area (Å²) in [5.74, 6) is -0.519. The maximum Gasteiger partial charge on any atom is 0.277 e.